The van der Waals surface area contributed by atoms with Crippen molar-refractivity contribution in [3.8, 4) is 0 Å². The fraction of sp³-hybridized carbons (Fsp3) is 0.333. The molecule has 0 amide bonds. The van der Waals surface area contributed by atoms with Crippen LogP contribution in [0, 0.1) is 0 Å². The summed E-state index contributed by atoms with van der Waals surface area (Å²) in [6.07, 6.45) is 3.14. The van der Waals surface area contributed by atoms with Crippen LogP contribution < -0.4 is 0 Å². The Labute approximate surface area is 147 Å². The van der Waals surface area contributed by atoms with Crippen LogP contribution in [-0.4, -0.2) is 30.8 Å². The summed E-state index contributed by atoms with van der Waals surface area (Å²) in [5.41, 5.74) is 1.45. The molecule has 0 unspecified atom stereocenters. The molecule has 2 aromatic rings. The number of hydrogen-bond donors (Lipinski definition) is 0. The molecule has 0 atom stereocenters. The standard InChI is InChI=1S/C18H22NO5P/c1-4-22-18(20)17(25(21,23-5-2)24-6-3)13-14-11-12-19-16-10-8-7-9-15(14)16/h7-13H,4-6H2,1-3H3/b17-13-. The summed E-state index contributed by atoms with van der Waals surface area (Å²) in [5.74, 6) is -0.714. The molecule has 0 aliphatic rings. The minimum Gasteiger partial charge on any atom is -0.462 e. The van der Waals surface area contributed by atoms with Crippen LogP contribution in [0.15, 0.2) is 41.8 Å². The van der Waals surface area contributed by atoms with Crippen LogP contribution in [0.2, 0.25) is 0 Å². The molecule has 0 saturated carbocycles. The summed E-state index contributed by atoms with van der Waals surface area (Å²) < 4.78 is 28.9. The number of carbonyl (C=O) groups is 1. The molecule has 0 N–H and O–H groups in total. The summed E-state index contributed by atoms with van der Waals surface area (Å²) in [7, 11) is -3.79. The molecule has 134 valence electrons. The Morgan fingerprint density at radius 3 is 2.40 bits per heavy atom. The zero-order valence-corrected chi connectivity index (χ0v) is 15.5. The van der Waals surface area contributed by atoms with Gasteiger partial charge in [-0.1, -0.05) is 18.2 Å². The monoisotopic (exact) mass is 363 g/mol. The third kappa shape index (κ3) is 4.54. The Kier molecular flexibility index (Phi) is 6.88. The highest BCUT2D eigenvalue weighted by Gasteiger charge is 2.36. The molecule has 1 aromatic carbocycles. The first-order chi connectivity index (χ1) is 12.1. The van der Waals surface area contributed by atoms with Crippen LogP contribution in [0.1, 0.15) is 26.3 Å². The first kappa shape index (κ1) is 19.3. The maximum atomic E-state index is 13.1. The van der Waals surface area contributed by atoms with E-state index in [-0.39, 0.29) is 25.1 Å². The Morgan fingerprint density at radius 1 is 1.08 bits per heavy atom. The minimum atomic E-state index is -3.79. The molecule has 2 rings (SSSR count). The van der Waals surface area contributed by atoms with Crippen molar-refractivity contribution < 1.29 is 23.1 Å². The Balaban J connectivity index is 2.63. The first-order valence-electron chi connectivity index (χ1n) is 8.18. The number of pyridine rings is 1. The van der Waals surface area contributed by atoms with E-state index in [1.54, 1.807) is 33.0 Å². The molecule has 0 radical (unpaired) electrons. The van der Waals surface area contributed by atoms with Crippen molar-refractivity contribution in [3.05, 3.63) is 47.4 Å². The molecule has 0 aliphatic heterocycles. The Morgan fingerprint density at radius 2 is 1.76 bits per heavy atom. The number of carbonyl (C=O) groups excluding carboxylic acids is 1. The van der Waals surface area contributed by atoms with Gasteiger partial charge in [0.1, 0.15) is 5.31 Å². The van der Waals surface area contributed by atoms with Gasteiger partial charge >= 0.3 is 13.6 Å². The van der Waals surface area contributed by atoms with Crippen LogP contribution in [0.5, 0.6) is 0 Å². The molecular formula is C18H22NO5P. The van der Waals surface area contributed by atoms with Gasteiger partial charge in [-0.2, -0.15) is 0 Å². The molecule has 0 fully saturated rings. The summed E-state index contributed by atoms with van der Waals surface area (Å²) in [5, 5.41) is 0.709. The predicted molar refractivity (Wildman–Crippen MR) is 97.2 cm³/mol. The molecular weight excluding hydrogens is 341 g/mol. The SMILES string of the molecule is CCOC(=O)/C(=C/c1ccnc2ccccc12)P(=O)(OCC)OCC. The lowest BCUT2D eigenvalue weighted by atomic mass is 10.1. The number of ether oxygens (including phenoxy) is 1. The van der Waals surface area contributed by atoms with Crippen LogP contribution in [0.4, 0.5) is 0 Å². The average molecular weight is 363 g/mol. The third-order valence-corrected chi connectivity index (χ3v) is 5.45. The number of hydrogen-bond acceptors (Lipinski definition) is 6. The molecule has 0 bridgehead atoms. The number of aromatic nitrogens is 1. The lowest BCUT2D eigenvalue weighted by Gasteiger charge is -2.19. The molecule has 1 aromatic heterocycles. The normalized spacial score (nSPS) is 12.4. The van der Waals surface area contributed by atoms with Gasteiger partial charge in [-0.3, -0.25) is 9.55 Å². The van der Waals surface area contributed by atoms with E-state index in [1.165, 1.54) is 6.08 Å². The number of benzene rings is 1. The topological polar surface area (TPSA) is 74.7 Å². The average Bonchev–Trinajstić information content (AvgIpc) is 2.60. The van der Waals surface area contributed by atoms with Crippen molar-refractivity contribution in [2.75, 3.05) is 19.8 Å². The summed E-state index contributed by atoms with van der Waals surface area (Å²) >= 11 is 0. The molecule has 7 heteroatoms. The van der Waals surface area contributed by atoms with Gasteiger partial charge in [0.05, 0.1) is 25.3 Å². The smallest absolute Gasteiger partial charge is 0.368 e. The summed E-state index contributed by atoms with van der Waals surface area (Å²) in [6.45, 7) is 5.51. The van der Waals surface area contributed by atoms with Crippen LogP contribution in [0.3, 0.4) is 0 Å². The van der Waals surface area contributed by atoms with Gasteiger partial charge in [0.2, 0.25) is 0 Å². The number of fused-ring (bicyclic) bond motifs is 1. The molecule has 0 saturated heterocycles. The fourth-order valence-corrected chi connectivity index (χ4v) is 3.98. The van der Waals surface area contributed by atoms with E-state index >= 15 is 0 Å². The van der Waals surface area contributed by atoms with Gasteiger partial charge in [-0.15, -0.1) is 0 Å². The maximum absolute atomic E-state index is 13.1. The van der Waals surface area contributed by atoms with E-state index in [9.17, 15) is 9.36 Å². The zero-order valence-electron chi connectivity index (χ0n) is 14.6. The van der Waals surface area contributed by atoms with Gasteiger partial charge in [0, 0.05) is 11.6 Å². The molecule has 0 spiro atoms. The number of para-hydroxylation sites is 1. The molecule has 0 aliphatic carbocycles. The van der Waals surface area contributed by atoms with Gasteiger partial charge in [-0.05, 0) is 44.5 Å². The lowest BCUT2D eigenvalue weighted by Crippen LogP contribution is -2.11. The summed E-state index contributed by atoms with van der Waals surface area (Å²) in [6, 6.07) is 9.23. The van der Waals surface area contributed by atoms with E-state index in [0.717, 1.165) is 10.9 Å². The van der Waals surface area contributed by atoms with E-state index in [2.05, 4.69) is 4.98 Å². The predicted octanol–water partition coefficient (Wildman–Crippen LogP) is 4.40. The second-order valence-electron chi connectivity index (χ2n) is 5.00. The van der Waals surface area contributed by atoms with E-state index in [4.69, 9.17) is 13.8 Å². The van der Waals surface area contributed by atoms with Crippen molar-refractivity contribution in [3.63, 3.8) is 0 Å². The van der Waals surface area contributed by atoms with Gasteiger partial charge in [-0.25, -0.2) is 4.79 Å². The van der Waals surface area contributed by atoms with Crippen LogP contribution >= 0.6 is 7.60 Å². The lowest BCUT2D eigenvalue weighted by molar-refractivity contribution is -0.137. The number of esters is 1. The van der Waals surface area contributed by atoms with E-state index < -0.39 is 13.6 Å². The third-order valence-electron chi connectivity index (χ3n) is 3.35. The highest BCUT2D eigenvalue weighted by Crippen LogP contribution is 2.57. The quantitative estimate of drug-likeness (QED) is 0.393. The number of nitrogens with zero attached hydrogens (tertiary/aromatic N) is 1. The van der Waals surface area contributed by atoms with Gasteiger partial charge in [0.15, 0.2) is 0 Å². The molecule has 1 heterocycles. The second kappa shape index (κ2) is 8.90. The minimum absolute atomic E-state index is 0.116. The van der Waals surface area contributed by atoms with Crippen molar-refractivity contribution >= 4 is 30.5 Å². The first-order valence-corrected chi connectivity index (χ1v) is 9.72. The highest BCUT2D eigenvalue weighted by molar-refractivity contribution is 7.60. The zero-order chi connectivity index (χ0) is 18.3. The number of rotatable bonds is 8. The van der Waals surface area contributed by atoms with Crippen molar-refractivity contribution in [1.29, 1.82) is 0 Å². The maximum Gasteiger partial charge on any atom is 0.368 e. The highest BCUT2D eigenvalue weighted by atomic mass is 31.2. The molecule has 25 heavy (non-hydrogen) atoms. The Hall–Kier alpha value is -2.01. The van der Waals surface area contributed by atoms with E-state index in [0.29, 0.717) is 5.56 Å². The van der Waals surface area contributed by atoms with Crippen molar-refractivity contribution in [2.45, 2.75) is 20.8 Å². The van der Waals surface area contributed by atoms with Crippen molar-refractivity contribution in [2.24, 2.45) is 0 Å². The fourth-order valence-electron chi connectivity index (χ4n) is 2.36. The van der Waals surface area contributed by atoms with Gasteiger partial charge in [0.25, 0.3) is 0 Å². The van der Waals surface area contributed by atoms with Crippen LogP contribution in [0.25, 0.3) is 17.0 Å². The van der Waals surface area contributed by atoms with Crippen molar-refractivity contribution in [1.82, 2.24) is 4.98 Å². The van der Waals surface area contributed by atoms with Gasteiger partial charge < -0.3 is 13.8 Å². The van der Waals surface area contributed by atoms with E-state index in [1.807, 2.05) is 24.3 Å². The van der Waals surface area contributed by atoms with Crippen LogP contribution in [-0.2, 0) is 23.1 Å². The largest absolute Gasteiger partial charge is 0.462 e. The second-order valence-corrected chi connectivity index (χ2v) is 6.99. The Bertz CT molecular complexity index is 803. The molecule has 6 nitrogen and oxygen atoms in total. The summed E-state index contributed by atoms with van der Waals surface area (Å²) in [4.78, 5) is 16.7.